The van der Waals surface area contributed by atoms with Crippen molar-refractivity contribution < 1.29 is 39.3 Å². The Kier molecular flexibility index (Phi) is 9.95. The molecule has 2 saturated heterocycles. The normalized spacial score (nSPS) is 20.5. The van der Waals surface area contributed by atoms with E-state index < -0.39 is 48.2 Å². The monoisotopic (exact) mass is 616 g/mol. The molecule has 5 rings (SSSR count). The molecule has 4 amide bonds. The summed E-state index contributed by atoms with van der Waals surface area (Å²) in [7, 11) is 0. The molecule has 2 aliphatic heterocycles. The van der Waals surface area contributed by atoms with E-state index in [0.29, 0.717) is 17.0 Å². The van der Waals surface area contributed by atoms with Gasteiger partial charge < -0.3 is 30.4 Å². The highest BCUT2D eigenvalue weighted by Crippen LogP contribution is 2.32. The lowest BCUT2D eigenvalue weighted by atomic mass is 9.94. The first-order chi connectivity index (χ1) is 21.8. The lowest BCUT2D eigenvalue weighted by Gasteiger charge is -2.53. The predicted octanol–water partition coefficient (Wildman–Crippen LogP) is 1.95. The Labute approximate surface area is 260 Å². The van der Waals surface area contributed by atoms with E-state index in [1.807, 2.05) is 36.4 Å². The summed E-state index contributed by atoms with van der Waals surface area (Å²) in [5.74, 6) is -1.50. The van der Waals surface area contributed by atoms with E-state index in [9.17, 15) is 34.5 Å². The van der Waals surface area contributed by atoms with Gasteiger partial charge in [-0.3, -0.25) is 19.2 Å². The summed E-state index contributed by atoms with van der Waals surface area (Å²) in [5.41, 5.74) is 2.15. The van der Waals surface area contributed by atoms with Crippen molar-refractivity contribution in [2.75, 3.05) is 19.7 Å². The van der Waals surface area contributed by atoms with Crippen LogP contribution < -0.4 is 5.32 Å². The van der Waals surface area contributed by atoms with E-state index in [1.165, 1.54) is 21.9 Å². The summed E-state index contributed by atoms with van der Waals surface area (Å²) in [4.78, 5) is 63.2. The Morgan fingerprint density at radius 1 is 0.867 bits per heavy atom. The van der Waals surface area contributed by atoms with Crippen LogP contribution in [0.15, 0.2) is 84.9 Å². The summed E-state index contributed by atoms with van der Waals surface area (Å²) in [5, 5.41) is 32.8. The molecular formula is C33H36N4O8. The second-order valence-electron chi connectivity index (χ2n) is 11.1. The van der Waals surface area contributed by atoms with Gasteiger partial charge in [-0.05, 0) is 35.2 Å². The number of hydroxylamine groups is 2. The number of piperazine rings is 1. The van der Waals surface area contributed by atoms with Crippen molar-refractivity contribution in [2.24, 2.45) is 0 Å². The number of carbonyl (C=O) groups is 4. The Balaban J connectivity index is 1.54. The number of carbonyl (C=O) groups excluding carboxylic acids is 3. The van der Waals surface area contributed by atoms with Gasteiger partial charge in [0.15, 0.2) is 12.3 Å². The highest BCUT2D eigenvalue weighted by Gasteiger charge is 2.54. The highest BCUT2D eigenvalue weighted by molar-refractivity contribution is 5.95. The average molecular weight is 617 g/mol. The molecule has 0 bridgehead atoms. The third-order valence-corrected chi connectivity index (χ3v) is 8.03. The molecule has 0 spiro atoms. The SMILES string of the molecule is O=C(NCCCO)[C@H](Cc1ccccc1)N1CC2N(C(=O)O)O[C@H](Cc3ccccc3)C(=O)N2[C@@H](Cc2ccc(O)cc2)C1=O. The molecule has 4 N–H and O–H groups in total. The fraction of sp³-hybridized carbons (Fsp3) is 0.333. The van der Waals surface area contributed by atoms with Crippen LogP contribution in [0.3, 0.4) is 0 Å². The van der Waals surface area contributed by atoms with Crippen molar-refractivity contribution in [1.82, 2.24) is 20.2 Å². The van der Waals surface area contributed by atoms with Crippen LogP contribution in [0.2, 0.25) is 0 Å². The number of benzene rings is 3. The van der Waals surface area contributed by atoms with Crippen molar-refractivity contribution >= 4 is 23.8 Å². The van der Waals surface area contributed by atoms with E-state index >= 15 is 0 Å². The lowest BCUT2D eigenvalue weighted by molar-refractivity contribution is -0.265. The first-order valence-corrected chi connectivity index (χ1v) is 14.8. The molecule has 236 valence electrons. The average Bonchev–Trinajstić information content (AvgIpc) is 3.04. The van der Waals surface area contributed by atoms with Gasteiger partial charge in [0.25, 0.3) is 5.91 Å². The second-order valence-corrected chi connectivity index (χ2v) is 11.1. The number of phenols is 1. The molecule has 2 aliphatic rings. The molecule has 0 saturated carbocycles. The molecule has 4 atom stereocenters. The number of hydrogen-bond donors (Lipinski definition) is 4. The van der Waals surface area contributed by atoms with Crippen LogP contribution in [-0.4, -0.2) is 98.0 Å². The molecular weight excluding hydrogens is 580 g/mol. The van der Waals surface area contributed by atoms with Gasteiger partial charge in [-0.1, -0.05) is 72.8 Å². The van der Waals surface area contributed by atoms with Crippen LogP contribution in [0.1, 0.15) is 23.1 Å². The number of aromatic hydroxyl groups is 1. The van der Waals surface area contributed by atoms with E-state index in [1.54, 1.807) is 36.4 Å². The number of nitrogens with one attached hydrogen (secondary N) is 1. The van der Waals surface area contributed by atoms with Crippen molar-refractivity contribution in [3.05, 3.63) is 102 Å². The molecule has 0 aliphatic carbocycles. The van der Waals surface area contributed by atoms with Gasteiger partial charge >= 0.3 is 6.09 Å². The third kappa shape index (κ3) is 7.24. The van der Waals surface area contributed by atoms with Gasteiger partial charge in [0.05, 0.1) is 6.54 Å². The van der Waals surface area contributed by atoms with Crippen LogP contribution in [-0.2, 0) is 38.5 Å². The molecule has 3 aromatic rings. The summed E-state index contributed by atoms with van der Waals surface area (Å²) in [6, 6.07) is 22.1. The number of carboxylic acid groups (broad SMARTS) is 1. The topological polar surface area (TPSA) is 160 Å². The maximum absolute atomic E-state index is 14.5. The molecule has 2 fully saturated rings. The number of nitrogens with zero attached hydrogens (tertiary/aromatic N) is 3. The number of aliphatic hydroxyl groups excluding tert-OH is 1. The van der Waals surface area contributed by atoms with Crippen LogP contribution in [0.25, 0.3) is 0 Å². The smallest absolute Gasteiger partial charge is 0.433 e. The van der Waals surface area contributed by atoms with Gasteiger partial charge in [-0.2, -0.15) is 5.06 Å². The van der Waals surface area contributed by atoms with E-state index in [4.69, 9.17) is 4.84 Å². The Morgan fingerprint density at radius 3 is 2.11 bits per heavy atom. The summed E-state index contributed by atoms with van der Waals surface area (Å²) in [6.45, 7) is -0.250. The van der Waals surface area contributed by atoms with Crippen LogP contribution in [0.5, 0.6) is 5.75 Å². The van der Waals surface area contributed by atoms with Gasteiger partial charge in [-0.15, -0.1) is 0 Å². The van der Waals surface area contributed by atoms with Gasteiger partial charge in [0, 0.05) is 32.4 Å². The van der Waals surface area contributed by atoms with Crippen LogP contribution >= 0.6 is 0 Å². The zero-order valence-corrected chi connectivity index (χ0v) is 24.6. The Bertz CT molecular complexity index is 1490. The number of fused-ring (bicyclic) bond motifs is 1. The molecule has 0 aromatic heterocycles. The second kappa shape index (κ2) is 14.2. The quantitative estimate of drug-likeness (QED) is 0.238. The van der Waals surface area contributed by atoms with Crippen LogP contribution in [0.4, 0.5) is 4.79 Å². The van der Waals surface area contributed by atoms with E-state index in [-0.39, 0.29) is 44.7 Å². The first kappa shape index (κ1) is 31.5. The van der Waals surface area contributed by atoms with Gasteiger partial charge in [0.2, 0.25) is 11.8 Å². The van der Waals surface area contributed by atoms with E-state index in [0.717, 1.165) is 11.1 Å². The first-order valence-electron chi connectivity index (χ1n) is 14.8. The molecule has 1 unspecified atom stereocenters. The minimum Gasteiger partial charge on any atom is -0.508 e. The standard InChI is InChI=1S/C33H36N4O8/c38-17-7-16-34-30(40)26(18-22-8-3-1-4-9-22)35-21-29-36(27(31(35)41)19-24-12-14-25(39)15-13-24)32(42)28(45-37(29)33(43)44)20-23-10-5-2-6-11-23/h1-6,8-15,26-29,38-39H,7,16-21H2,(H,34,40)(H,43,44)/t26-,27-,28+,29?/m0/s1. The molecule has 0 radical (unpaired) electrons. The Morgan fingerprint density at radius 2 is 1.49 bits per heavy atom. The summed E-state index contributed by atoms with van der Waals surface area (Å²) in [6.07, 6.45) is -3.34. The molecule has 12 heteroatoms. The van der Waals surface area contributed by atoms with Crippen molar-refractivity contribution in [1.29, 1.82) is 0 Å². The fourth-order valence-electron chi connectivity index (χ4n) is 5.82. The van der Waals surface area contributed by atoms with Crippen molar-refractivity contribution in [2.45, 2.75) is 50.0 Å². The van der Waals surface area contributed by atoms with Gasteiger partial charge in [-0.25, -0.2) is 4.79 Å². The third-order valence-electron chi connectivity index (χ3n) is 8.03. The van der Waals surface area contributed by atoms with E-state index in [2.05, 4.69) is 5.32 Å². The van der Waals surface area contributed by atoms with Crippen molar-refractivity contribution in [3.8, 4) is 5.75 Å². The number of aliphatic hydroxyl groups is 1. The van der Waals surface area contributed by atoms with Crippen molar-refractivity contribution in [3.63, 3.8) is 0 Å². The van der Waals surface area contributed by atoms with Crippen LogP contribution in [0, 0.1) is 0 Å². The molecule has 45 heavy (non-hydrogen) atoms. The molecule has 3 aromatic carbocycles. The highest BCUT2D eigenvalue weighted by atomic mass is 16.7. The minimum absolute atomic E-state index is 0.00750. The lowest BCUT2D eigenvalue weighted by Crippen LogP contribution is -2.75. The zero-order valence-electron chi connectivity index (χ0n) is 24.6. The summed E-state index contributed by atoms with van der Waals surface area (Å²) >= 11 is 0. The molecule has 12 nitrogen and oxygen atoms in total. The maximum Gasteiger partial charge on any atom is 0.433 e. The number of rotatable bonds is 11. The fourth-order valence-corrected chi connectivity index (χ4v) is 5.82. The van der Waals surface area contributed by atoms with Gasteiger partial charge in [0.1, 0.15) is 17.8 Å². The summed E-state index contributed by atoms with van der Waals surface area (Å²) < 4.78 is 0. The Hall–Kier alpha value is -4.94. The zero-order chi connectivity index (χ0) is 31.9. The number of phenolic OH excluding ortho intramolecular Hbond substituents is 1. The number of amides is 4. The maximum atomic E-state index is 14.5. The number of hydrogen-bond acceptors (Lipinski definition) is 7. The largest absolute Gasteiger partial charge is 0.508 e. The minimum atomic E-state index is -1.44. The predicted molar refractivity (Wildman–Crippen MR) is 161 cm³/mol. The molecule has 2 heterocycles.